The SMILES string of the molecule is C[C@@H](Oc1ccc(Cl)cc1C(N)=O)C(=O)Nc1ccccc1F. The second-order valence-corrected chi connectivity index (χ2v) is 5.17. The Morgan fingerprint density at radius 3 is 2.61 bits per heavy atom. The first kappa shape index (κ1) is 16.8. The number of rotatable bonds is 5. The lowest BCUT2D eigenvalue weighted by atomic mass is 10.2. The number of primary amides is 1. The van der Waals surface area contributed by atoms with E-state index in [1.54, 1.807) is 6.07 Å². The van der Waals surface area contributed by atoms with E-state index in [0.29, 0.717) is 5.02 Å². The largest absolute Gasteiger partial charge is 0.480 e. The molecule has 0 saturated heterocycles. The maximum absolute atomic E-state index is 13.5. The quantitative estimate of drug-likeness (QED) is 0.880. The van der Waals surface area contributed by atoms with Gasteiger partial charge in [0.1, 0.15) is 11.6 Å². The fraction of sp³-hybridized carbons (Fsp3) is 0.125. The second-order valence-electron chi connectivity index (χ2n) is 4.73. The highest BCUT2D eigenvalue weighted by Crippen LogP contribution is 2.24. The molecule has 0 aromatic heterocycles. The summed E-state index contributed by atoms with van der Waals surface area (Å²) in [7, 11) is 0. The molecule has 2 amide bonds. The molecule has 2 aromatic rings. The number of anilines is 1. The van der Waals surface area contributed by atoms with Gasteiger partial charge in [0, 0.05) is 5.02 Å². The van der Waals surface area contributed by atoms with E-state index in [-0.39, 0.29) is 17.0 Å². The van der Waals surface area contributed by atoms with Crippen LogP contribution >= 0.6 is 11.6 Å². The highest BCUT2D eigenvalue weighted by atomic mass is 35.5. The summed E-state index contributed by atoms with van der Waals surface area (Å²) >= 11 is 5.80. The Hall–Kier alpha value is -2.60. The highest BCUT2D eigenvalue weighted by molar-refractivity contribution is 6.31. The van der Waals surface area contributed by atoms with Gasteiger partial charge in [0.15, 0.2) is 6.10 Å². The van der Waals surface area contributed by atoms with Crippen LogP contribution in [0.3, 0.4) is 0 Å². The summed E-state index contributed by atoms with van der Waals surface area (Å²) in [6, 6.07) is 10.1. The van der Waals surface area contributed by atoms with Gasteiger partial charge in [-0.25, -0.2) is 4.39 Å². The van der Waals surface area contributed by atoms with Crippen molar-refractivity contribution in [2.75, 3.05) is 5.32 Å². The number of benzene rings is 2. The number of nitrogens with two attached hydrogens (primary N) is 1. The Bertz CT molecular complexity index is 752. The molecule has 0 aliphatic carbocycles. The molecule has 0 bridgehead atoms. The molecule has 23 heavy (non-hydrogen) atoms. The van der Waals surface area contributed by atoms with E-state index < -0.39 is 23.7 Å². The van der Waals surface area contributed by atoms with Crippen molar-refractivity contribution in [2.24, 2.45) is 5.73 Å². The van der Waals surface area contributed by atoms with E-state index in [9.17, 15) is 14.0 Å². The second kappa shape index (κ2) is 7.11. The van der Waals surface area contributed by atoms with Crippen LogP contribution in [0.4, 0.5) is 10.1 Å². The summed E-state index contributed by atoms with van der Waals surface area (Å²) in [4.78, 5) is 23.5. The molecule has 0 aliphatic heterocycles. The number of carbonyl (C=O) groups is 2. The molecule has 120 valence electrons. The topological polar surface area (TPSA) is 81.4 Å². The lowest BCUT2D eigenvalue weighted by Gasteiger charge is -2.16. The van der Waals surface area contributed by atoms with Crippen molar-refractivity contribution in [3.8, 4) is 5.75 Å². The van der Waals surface area contributed by atoms with Gasteiger partial charge in [0.2, 0.25) is 0 Å². The molecule has 0 heterocycles. The van der Waals surface area contributed by atoms with E-state index in [1.165, 1.54) is 43.3 Å². The lowest BCUT2D eigenvalue weighted by molar-refractivity contribution is -0.122. The maximum Gasteiger partial charge on any atom is 0.265 e. The Balaban J connectivity index is 2.13. The van der Waals surface area contributed by atoms with Crippen LogP contribution in [0, 0.1) is 5.82 Å². The standard InChI is InChI=1S/C16H14ClFN2O3/c1-9(16(22)20-13-5-3-2-4-12(13)18)23-14-7-6-10(17)8-11(14)15(19)21/h2-9H,1H3,(H2,19,21)(H,20,22)/t9-/m1/s1. The first-order valence-electron chi connectivity index (χ1n) is 6.70. The third-order valence-corrected chi connectivity index (χ3v) is 3.25. The van der Waals surface area contributed by atoms with Gasteiger partial charge in [-0.1, -0.05) is 23.7 Å². The molecule has 1 atom stereocenters. The fourth-order valence-corrected chi connectivity index (χ4v) is 2.01. The Morgan fingerprint density at radius 2 is 1.96 bits per heavy atom. The van der Waals surface area contributed by atoms with E-state index in [0.717, 1.165) is 0 Å². The molecule has 2 aromatic carbocycles. The summed E-state index contributed by atoms with van der Waals surface area (Å²) in [6.07, 6.45) is -0.978. The lowest BCUT2D eigenvalue weighted by Crippen LogP contribution is -2.31. The summed E-state index contributed by atoms with van der Waals surface area (Å²) in [5.74, 6) is -1.74. The van der Waals surface area contributed by atoms with Crippen LogP contribution in [0.5, 0.6) is 5.75 Å². The Kier molecular flexibility index (Phi) is 5.18. The van der Waals surface area contributed by atoms with Crippen LogP contribution in [-0.2, 0) is 4.79 Å². The molecule has 5 nitrogen and oxygen atoms in total. The van der Waals surface area contributed by atoms with Gasteiger partial charge < -0.3 is 15.8 Å². The van der Waals surface area contributed by atoms with E-state index in [4.69, 9.17) is 22.1 Å². The molecule has 0 saturated carbocycles. The Morgan fingerprint density at radius 1 is 1.26 bits per heavy atom. The molecule has 2 rings (SSSR count). The van der Waals surface area contributed by atoms with Crippen LogP contribution in [0.15, 0.2) is 42.5 Å². The van der Waals surface area contributed by atoms with Crippen molar-refractivity contribution < 1.29 is 18.7 Å². The highest BCUT2D eigenvalue weighted by Gasteiger charge is 2.19. The zero-order chi connectivity index (χ0) is 17.0. The third kappa shape index (κ3) is 4.20. The molecule has 0 aliphatic rings. The minimum atomic E-state index is -0.978. The third-order valence-electron chi connectivity index (χ3n) is 3.01. The van der Waals surface area contributed by atoms with Crippen molar-refractivity contribution in [1.29, 1.82) is 0 Å². The number of ether oxygens (including phenoxy) is 1. The molecule has 3 N–H and O–H groups in total. The van der Waals surface area contributed by atoms with Gasteiger partial charge in [-0.05, 0) is 37.3 Å². The number of para-hydroxylation sites is 1. The molecule has 0 fully saturated rings. The van der Waals surface area contributed by atoms with Crippen LogP contribution in [0.1, 0.15) is 17.3 Å². The van der Waals surface area contributed by atoms with Gasteiger partial charge in [-0.2, -0.15) is 0 Å². The van der Waals surface area contributed by atoms with Gasteiger partial charge >= 0.3 is 0 Å². The summed E-state index contributed by atoms with van der Waals surface area (Å²) in [6.45, 7) is 1.47. The van der Waals surface area contributed by atoms with Gasteiger partial charge in [0.25, 0.3) is 11.8 Å². The number of amides is 2. The fourth-order valence-electron chi connectivity index (χ4n) is 1.84. The van der Waals surface area contributed by atoms with Gasteiger partial charge in [-0.3, -0.25) is 9.59 Å². The minimum absolute atomic E-state index is 0.0409. The summed E-state index contributed by atoms with van der Waals surface area (Å²) in [5.41, 5.74) is 5.35. The first-order chi connectivity index (χ1) is 10.9. The summed E-state index contributed by atoms with van der Waals surface area (Å²) < 4.78 is 19.0. The number of hydrogen-bond donors (Lipinski definition) is 2. The van der Waals surface area contributed by atoms with Crippen LogP contribution in [0.2, 0.25) is 5.02 Å². The van der Waals surface area contributed by atoms with Crippen molar-refractivity contribution in [3.63, 3.8) is 0 Å². The van der Waals surface area contributed by atoms with Gasteiger partial charge in [-0.15, -0.1) is 0 Å². The molecule has 7 heteroatoms. The molecular formula is C16H14ClFN2O3. The first-order valence-corrected chi connectivity index (χ1v) is 7.07. The van der Waals surface area contributed by atoms with Gasteiger partial charge in [0.05, 0.1) is 11.3 Å². The van der Waals surface area contributed by atoms with Crippen LogP contribution < -0.4 is 15.8 Å². The number of halogens is 2. The predicted molar refractivity (Wildman–Crippen MR) is 85.1 cm³/mol. The normalized spacial score (nSPS) is 11.6. The average molecular weight is 337 g/mol. The smallest absolute Gasteiger partial charge is 0.265 e. The zero-order valence-electron chi connectivity index (χ0n) is 12.2. The predicted octanol–water partition coefficient (Wildman–Crippen LogP) is 2.98. The van der Waals surface area contributed by atoms with Crippen molar-refractivity contribution in [2.45, 2.75) is 13.0 Å². The number of hydrogen-bond acceptors (Lipinski definition) is 3. The molecular weight excluding hydrogens is 323 g/mol. The van der Waals surface area contributed by atoms with Crippen molar-refractivity contribution in [3.05, 3.63) is 58.9 Å². The monoisotopic (exact) mass is 336 g/mol. The van der Waals surface area contributed by atoms with E-state index >= 15 is 0 Å². The van der Waals surface area contributed by atoms with Crippen molar-refractivity contribution >= 4 is 29.1 Å². The average Bonchev–Trinajstić information content (AvgIpc) is 2.51. The summed E-state index contributed by atoms with van der Waals surface area (Å²) in [5, 5.41) is 2.72. The minimum Gasteiger partial charge on any atom is -0.480 e. The van der Waals surface area contributed by atoms with E-state index in [2.05, 4.69) is 5.32 Å². The van der Waals surface area contributed by atoms with Crippen LogP contribution in [0.25, 0.3) is 0 Å². The van der Waals surface area contributed by atoms with E-state index in [1.807, 2.05) is 0 Å². The molecule has 0 spiro atoms. The zero-order valence-corrected chi connectivity index (χ0v) is 12.9. The molecule has 0 radical (unpaired) electrons. The van der Waals surface area contributed by atoms with Crippen LogP contribution in [-0.4, -0.2) is 17.9 Å². The maximum atomic E-state index is 13.5. The molecule has 0 unspecified atom stereocenters. The van der Waals surface area contributed by atoms with Crippen molar-refractivity contribution in [1.82, 2.24) is 0 Å². The number of nitrogens with one attached hydrogen (secondary N) is 1. The Labute approximate surface area is 137 Å². The number of carbonyl (C=O) groups excluding carboxylic acids is 2.